The number of carbonyl (C=O) groups excluding carboxylic acids is 1. The molecule has 2 fully saturated rings. The maximum atomic E-state index is 13.2. The molecule has 2 aromatic carbocycles. The van der Waals surface area contributed by atoms with Crippen molar-refractivity contribution in [2.45, 2.75) is 44.2 Å². The summed E-state index contributed by atoms with van der Waals surface area (Å²) in [5, 5.41) is 6.79. The summed E-state index contributed by atoms with van der Waals surface area (Å²) >= 11 is 0. The summed E-state index contributed by atoms with van der Waals surface area (Å²) in [5.41, 5.74) is 3.26. The molecular formula is C27H32N4O3. The van der Waals surface area contributed by atoms with Gasteiger partial charge in [-0.2, -0.15) is 5.10 Å². The van der Waals surface area contributed by atoms with Gasteiger partial charge >= 0.3 is 0 Å². The fourth-order valence-corrected chi connectivity index (χ4v) is 4.75. The van der Waals surface area contributed by atoms with E-state index in [-0.39, 0.29) is 18.1 Å². The molecule has 0 radical (unpaired) electrons. The molecule has 0 spiro atoms. The number of anilines is 1. The highest BCUT2D eigenvalue weighted by molar-refractivity contribution is 5.79. The van der Waals surface area contributed by atoms with Gasteiger partial charge in [-0.15, -0.1) is 0 Å². The van der Waals surface area contributed by atoms with Crippen LogP contribution in [0.1, 0.15) is 30.4 Å². The SMILES string of the molecule is COc1ccc(N2CCN(C(=O)Cc3cn[nH]c3)[C@@H](Cc3ccccc3)C2)cc1OC1CCC1. The van der Waals surface area contributed by atoms with Crippen molar-refractivity contribution in [3.8, 4) is 11.5 Å². The number of nitrogens with one attached hydrogen (secondary N) is 1. The van der Waals surface area contributed by atoms with Crippen molar-refractivity contribution in [1.82, 2.24) is 15.1 Å². The van der Waals surface area contributed by atoms with Crippen LogP contribution in [0.25, 0.3) is 0 Å². The first-order valence-corrected chi connectivity index (χ1v) is 12.1. The van der Waals surface area contributed by atoms with Gasteiger partial charge in [-0.1, -0.05) is 30.3 Å². The Morgan fingerprint density at radius 2 is 1.94 bits per heavy atom. The lowest BCUT2D eigenvalue weighted by atomic mass is 9.96. The first kappa shape index (κ1) is 22.3. The molecule has 1 aromatic heterocycles. The molecule has 1 amide bonds. The first-order chi connectivity index (χ1) is 16.7. The number of piperazine rings is 1. The van der Waals surface area contributed by atoms with Crippen molar-refractivity contribution in [1.29, 1.82) is 0 Å². The predicted molar refractivity (Wildman–Crippen MR) is 131 cm³/mol. The van der Waals surface area contributed by atoms with Gasteiger partial charge in [0, 0.05) is 37.6 Å². The second kappa shape index (κ2) is 10.2. The Bertz CT molecular complexity index is 1080. The zero-order chi connectivity index (χ0) is 23.3. The second-order valence-corrected chi connectivity index (χ2v) is 9.17. The van der Waals surface area contributed by atoms with E-state index < -0.39 is 0 Å². The van der Waals surface area contributed by atoms with E-state index in [0.29, 0.717) is 13.0 Å². The van der Waals surface area contributed by atoms with Crippen molar-refractivity contribution in [2.75, 3.05) is 31.6 Å². The number of nitrogens with zero attached hydrogens (tertiary/aromatic N) is 3. The number of H-pyrrole nitrogens is 1. The number of amides is 1. The van der Waals surface area contributed by atoms with E-state index in [4.69, 9.17) is 9.47 Å². The Hall–Kier alpha value is -3.48. The normalized spacial score (nSPS) is 18.4. The van der Waals surface area contributed by atoms with E-state index in [2.05, 4.69) is 51.5 Å². The molecule has 1 saturated carbocycles. The van der Waals surface area contributed by atoms with Crippen LogP contribution >= 0.6 is 0 Å². The molecule has 0 unspecified atom stereocenters. The Balaban J connectivity index is 1.35. The van der Waals surface area contributed by atoms with Gasteiger partial charge in [0.15, 0.2) is 11.5 Å². The Morgan fingerprint density at radius 1 is 1.09 bits per heavy atom. The van der Waals surface area contributed by atoms with E-state index >= 15 is 0 Å². The highest BCUT2D eigenvalue weighted by Gasteiger charge is 2.31. The van der Waals surface area contributed by atoms with Crippen molar-refractivity contribution < 1.29 is 14.3 Å². The molecule has 2 heterocycles. The quantitative estimate of drug-likeness (QED) is 0.553. The Kier molecular flexibility index (Phi) is 6.70. The van der Waals surface area contributed by atoms with Crippen LogP contribution in [0.15, 0.2) is 60.9 Å². The molecule has 1 saturated heterocycles. The zero-order valence-corrected chi connectivity index (χ0v) is 19.7. The van der Waals surface area contributed by atoms with Crippen LogP contribution in [0.3, 0.4) is 0 Å². The smallest absolute Gasteiger partial charge is 0.227 e. The first-order valence-electron chi connectivity index (χ1n) is 12.1. The summed E-state index contributed by atoms with van der Waals surface area (Å²) in [6, 6.07) is 16.7. The lowest BCUT2D eigenvalue weighted by Gasteiger charge is -2.43. The molecule has 1 atom stereocenters. The molecule has 178 valence electrons. The van der Waals surface area contributed by atoms with Crippen LogP contribution in [-0.2, 0) is 17.6 Å². The number of hydrogen-bond acceptors (Lipinski definition) is 5. The summed E-state index contributed by atoms with van der Waals surface area (Å²) in [6.45, 7) is 2.22. The van der Waals surface area contributed by atoms with Gasteiger partial charge in [0.1, 0.15) is 0 Å². The van der Waals surface area contributed by atoms with Crippen LogP contribution in [-0.4, -0.2) is 59.9 Å². The fraction of sp³-hybridized carbons (Fsp3) is 0.407. The zero-order valence-electron chi connectivity index (χ0n) is 19.7. The second-order valence-electron chi connectivity index (χ2n) is 9.17. The van der Waals surface area contributed by atoms with Gasteiger partial charge in [-0.05, 0) is 48.9 Å². The van der Waals surface area contributed by atoms with E-state index in [1.54, 1.807) is 19.5 Å². The van der Waals surface area contributed by atoms with Crippen molar-refractivity contribution in [3.63, 3.8) is 0 Å². The Labute approximate surface area is 200 Å². The molecule has 34 heavy (non-hydrogen) atoms. The summed E-state index contributed by atoms with van der Waals surface area (Å²) in [6.07, 6.45) is 8.41. The van der Waals surface area contributed by atoms with Gasteiger partial charge < -0.3 is 19.3 Å². The standard InChI is InChI=1S/C27H32N4O3/c1-33-25-11-10-22(16-26(25)34-24-8-5-9-24)30-12-13-31(27(32)15-21-17-28-29-18-21)23(19-30)14-20-6-3-2-4-7-20/h2-4,6-7,10-11,16-18,23-24H,5,8-9,12-15,19H2,1H3,(H,28,29)/t23-/m0/s1. The average molecular weight is 461 g/mol. The lowest BCUT2D eigenvalue weighted by Crippen LogP contribution is -2.56. The number of aromatic amines is 1. The van der Waals surface area contributed by atoms with Crippen LogP contribution in [0.5, 0.6) is 11.5 Å². The summed E-state index contributed by atoms with van der Waals surface area (Å²) < 4.78 is 11.8. The molecule has 1 aliphatic heterocycles. The van der Waals surface area contributed by atoms with Crippen molar-refractivity contribution in [3.05, 3.63) is 72.1 Å². The summed E-state index contributed by atoms with van der Waals surface area (Å²) in [7, 11) is 1.68. The highest BCUT2D eigenvalue weighted by Crippen LogP contribution is 2.36. The van der Waals surface area contributed by atoms with Gasteiger partial charge in [0.25, 0.3) is 0 Å². The number of aromatic nitrogens is 2. The number of benzene rings is 2. The third-order valence-electron chi connectivity index (χ3n) is 6.89. The third kappa shape index (κ3) is 5.03. The molecule has 7 nitrogen and oxygen atoms in total. The molecule has 3 aromatic rings. The maximum Gasteiger partial charge on any atom is 0.227 e. The summed E-state index contributed by atoms with van der Waals surface area (Å²) in [5.74, 6) is 1.72. The van der Waals surface area contributed by atoms with Crippen molar-refractivity contribution in [2.24, 2.45) is 0 Å². The van der Waals surface area contributed by atoms with Crippen LogP contribution in [0.2, 0.25) is 0 Å². The number of rotatable bonds is 8. The van der Waals surface area contributed by atoms with Crippen LogP contribution < -0.4 is 14.4 Å². The van der Waals surface area contributed by atoms with Gasteiger partial charge in [0.2, 0.25) is 5.91 Å². The Morgan fingerprint density at radius 3 is 2.65 bits per heavy atom. The number of carbonyl (C=O) groups is 1. The molecular weight excluding hydrogens is 428 g/mol. The predicted octanol–water partition coefficient (Wildman–Crippen LogP) is 3.85. The topological polar surface area (TPSA) is 70.7 Å². The molecule has 1 N–H and O–H groups in total. The highest BCUT2D eigenvalue weighted by atomic mass is 16.5. The number of hydrogen-bond donors (Lipinski definition) is 1. The number of ether oxygens (including phenoxy) is 2. The van der Waals surface area contributed by atoms with Crippen molar-refractivity contribution >= 4 is 11.6 Å². The average Bonchev–Trinajstić information content (AvgIpc) is 3.35. The van der Waals surface area contributed by atoms with Gasteiger partial charge in [0.05, 0.1) is 31.9 Å². The van der Waals surface area contributed by atoms with E-state index in [9.17, 15) is 4.79 Å². The van der Waals surface area contributed by atoms with Crippen LogP contribution in [0, 0.1) is 0 Å². The minimum Gasteiger partial charge on any atom is -0.493 e. The van der Waals surface area contributed by atoms with E-state index in [0.717, 1.165) is 55.1 Å². The molecule has 2 aliphatic rings. The van der Waals surface area contributed by atoms with E-state index in [1.165, 1.54) is 12.0 Å². The largest absolute Gasteiger partial charge is 0.493 e. The molecule has 0 bridgehead atoms. The minimum atomic E-state index is 0.0775. The van der Waals surface area contributed by atoms with E-state index in [1.807, 2.05) is 17.0 Å². The van der Waals surface area contributed by atoms with Gasteiger partial charge in [-0.3, -0.25) is 9.89 Å². The summed E-state index contributed by atoms with van der Waals surface area (Å²) in [4.78, 5) is 17.6. The van der Waals surface area contributed by atoms with Gasteiger partial charge in [-0.25, -0.2) is 0 Å². The maximum absolute atomic E-state index is 13.2. The third-order valence-corrected chi connectivity index (χ3v) is 6.89. The fourth-order valence-electron chi connectivity index (χ4n) is 4.75. The number of methoxy groups -OCH3 is 1. The molecule has 5 rings (SSSR count). The monoisotopic (exact) mass is 460 g/mol. The minimum absolute atomic E-state index is 0.0775. The molecule has 1 aliphatic carbocycles. The molecule has 7 heteroatoms. The lowest BCUT2D eigenvalue weighted by molar-refractivity contribution is -0.133. The van der Waals surface area contributed by atoms with Crippen LogP contribution in [0.4, 0.5) is 5.69 Å².